The summed E-state index contributed by atoms with van der Waals surface area (Å²) in [4.78, 5) is 41.7. The van der Waals surface area contributed by atoms with Gasteiger partial charge < -0.3 is 27.4 Å². The van der Waals surface area contributed by atoms with Gasteiger partial charge in [-0.05, 0) is 47.1 Å². The number of carbonyl (C=O) groups excluding carboxylic acids is 3. The molecular formula is C30H35N5O3S. The van der Waals surface area contributed by atoms with E-state index in [9.17, 15) is 14.4 Å². The molecule has 9 heteroatoms. The molecule has 204 valence electrons. The molecule has 8 nitrogen and oxygen atoms in total. The van der Waals surface area contributed by atoms with Gasteiger partial charge in [0.2, 0.25) is 5.91 Å². The molecule has 2 aliphatic rings. The van der Waals surface area contributed by atoms with Crippen LogP contribution in [0.15, 0.2) is 49.1 Å². The maximum Gasteiger partial charge on any atom is 0.262 e. The Morgan fingerprint density at radius 3 is 2.51 bits per heavy atom. The van der Waals surface area contributed by atoms with Gasteiger partial charge in [-0.25, -0.2) is 0 Å². The number of amides is 2. The summed E-state index contributed by atoms with van der Waals surface area (Å²) < 4.78 is 0.684. The van der Waals surface area contributed by atoms with Crippen LogP contribution in [0.4, 0.5) is 5.69 Å². The van der Waals surface area contributed by atoms with Crippen molar-refractivity contribution in [3.63, 3.8) is 0 Å². The number of hydrogen-bond acceptors (Lipinski definition) is 7. The minimum absolute atomic E-state index is 0.0567. The van der Waals surface area contributed by atoms with Crippen molar-refractivity contribution in [3.8, 4) is 0 Å². The normalized spacial score (nSPS) is 23.1. The Morgan fingerprint density at radius 2 is 1.87 bits per heavy atom. The van der Waals surface area contributed by atoms with Crippen LogP contribution in [0.25, 0.3) is 10.1 Å². The van der Waals surface area contributed by atoms with Crippen molar-refractivity contribution in [1.82, 2.24) is 10.2 Å². The second-order valence-electron chi connectivity index (χ2n) is 11.5. The van der Waals surface area contributed by atoms with Crippen LogP contribution in [0, 0.1) is 0 Å². The van der Waals surface area contributed by atoms with E-state index in [1.807, 2.05) is 24.3 Å². The molecule has 2 amide bonds. The van der Waals surface area contributed by atoms with Crippen molar-refractivity contribution in [2.45, 2.75) is 56.7 Å². The van der Waals surface area contributed by atoms with Crippen LogP contribution in [0.5, 0.6) is 0 Å². The summed E-state index contributed by atoms with van der Waals surface area (Å²) in [6, 6.07) is 9.93. The van der Waals surface area contributed by atoms with Gasteiger partial charge in [0.05, 0.1) is 15.6 Å². The number of Topliss-reactive ketones (excluding diaryl/α,β-unsaturated/α-hetero) is 1. The zero-order valence-electron chi connectivity index (χ0n) is 22.5. The number of nitrogens with two attached hydrogens (primary N) is 3. The molecule has 7 N–H and O–H groups in total. The van der Waals surface area contributed by atoms with Crippen LogP contribution in [0.2, 0.25) is 0 Å². The van der Waals surface area contributed by atoms with Crippen LogP contribution < -0.4 is 22.5 Å². The average molecular weight is 546 g/mol. The number of nitrogens with zero attached hydrogens (tertiary/aromatic N) is 1. The lowest BCUT2D eigenvalue weighted by Crippen LogP contribution is -2.53. The van der Waals surface area contributed by atoms with Crippen molar-refractivity contribution in [1.29, 1.82) is 0 Å². The van der Waals surface area contributed by atoms with Gasteiger partial charge in [0, 0.05) is 35.8 Å². The largest absolute Gasteiger partial charge is 0.398 e. The predicted molar refractivity (Wildman–Crippen MR) is 156 cm³/mol. The first-order chi connectivity index (χ1) is 18.4. The first kappa shape index (κ1) is 27.1. The Labute approximate surface area is 232 Å². The number of carbonyl (C=O) groups is 3. The molecule has 3 aromatic rings. The lowest BCUT2D eigenvalue weighted by molar-refractivity contribution is -0.127. The quantitative estimate of drug-likeness (QED) is 0.292. The smallest absolute Gasteiger partial charge is 0.262 e. The first-order valence-corrected chi connectivity index (χ1v) is 14.0. The number of thiophene rings is 1. The van der Waals surface area contributed by atoms with Crippen LogP contribution in [-0.2, 0) is 20.5 Å². The van der Waals surface area contributed by atoms with Gasteiger partial charge in [0.1, 0.15) is 5.54 Å². The molecule has 1 aliphatic carbocycles. The molecule has 39 heavy (non-hydrogen) atoms. The lowest BCUT2D eigenvalue weighted by Gasteiger charge is -2.37. The number of anilines is 1. The van der Waals surface area contributed by atoms with Crippen LogP contribution >= 0.6 is 11.3 Å². The molecule has 3 atom stereocenters. The zero-order chi connectivity index (χ0) is 28.3. The summed E-state index contributed by atoms with van der Waals surface area (Å²) in [7, 11) is 0. The third-order valence-electron chi connectivity index (χ3n) is 7.97. The second-order valence-corrected chi connectivity index (χ2v) is 12.6. The van der Waals surface area contributed by atoms with Crippen molar-refractivity contribution >= 4 is 44.7 Å². The van der Waals surface area contributed by atoms with Gasteiger partial charge in [0.15, 0.2) is 5.78 Å². The summed E-state index contributed by atoms with van der Waals surface area (Å²) in [5, 5.41) is 3.73. The maximum atomic E-state index is 14.0. The number of hydrogen-bond donors (Lipinski definition) is 4. The highest BCUT2D eigenvalue weighted by Crippen LogP contribution is 2.49. The van der Waals surface area contributed by atoms with E-state index in [2.05, 4.69) is 32.7 Å². The number of ketones is 1. The van der Waals surface area contributed by atoms with Crippen LogP contribution in [0.1, 0.15) is 71.6 Å². The third-order valence-corrected chi connectivity index (χ3v) is 9.22. The summed E-state index contributed by atoms with van der Waals surface area (Å²) in [5.41, 5.74) is 21.7. The standard InChI is InChI=1S/C30H35N5O3S/c1-5-21(36)35-14-6-7-18(15-35)34-28(38)26-23-22-19(12-13-20(31)25(22)39-26)30(33,27(37)24(23)32)17-10-8-16(9-11-17)29(2,3)4/h5,8-13,18,24H,1,6-7,14-15,31-33H2,2-4H3,(H,34,38). The molecule has 1 saturated heterocycles. The van der Waals surface area contributed by atoms with E-state index in [-0.39, 0.29) is 29.1 Å². The van der Waals surface area contributed by atoms with Crippen molar-refractivity contribution in [2.75, 3.05) is 18.8 Å². The average Bonchev–Trinajstić information content (AvgIpc) is 3.32. The monoisotopic (exact) mass is 545 g/mol. The van der Waals surface area contributed by atoms with Gasteiger partial charge in [-0.3, -0.25) is 14.4 Å². The highest BCUT2D eigenvalue weighted by molar-refractivity contribution is 7.21. The van der Waals surface area contributed by atoms with E-state index in [0.29, 0.717) is 50.4 Å². The number of rotatable bonds is 4. The molecule has 2 aromatic carbocycles. The number of likely N-dealkylation sites (tertiary alicyclic amines) is 1. The Kier molecular flexibility index (Phi) is 6.65. The fourth-order valence-electron chi connectivity index (χ4n) is 5.76. The van der Waals surface area contributed by atoms with E-state index >= 15 is 0 Å². The van der Waals surface area contributed by atoms with E-state index < -0.39 is 11.6 Å². The van der Waals surface area contributed by atoms with Gasteiger partial charge in [-0.1, -0.05) is 57.7 Å². The van der Waals surface area contributed by atoms with Gasteiger partial charge in [0.25, 0.3) is 5.91 Å². The van der Waals surface area contributed by atoms with Gasteiger partial charge in [-0.2, -0.15) is 0 Å². The Hall–Kier alpha value is -3.53. The number of piperidine rings is 1. The highest BCUT2D eigenvalue weighted by atomic mass is 32.1. The number of nitrogens with one attached hydrogen (secondary N) is 1. The molecule has 3 unspecified atom stereocenters. The topological polar surface area (TPSA) is 145 Å². The molecule has 0 spiro atoms. The molecular weight excluding hydrogens is 510 g/mol. The summed E-state index contributed by atoms with van der Waals surface area (Å²) in [6.45, 7) is 10.9. The minimum atomic E-state index is -1.49. The van der Waals surface area contributed by atoms with E-state index in [0.717, 1.165) is 18.4 Å². The zero-order valence-corrected chi connectivity index (χ0v) is 23.4. The molecule has 1 aliphatic heterocycles. The summed E-state index contributed by atoms with van der Waals surface area (Å²) >= 11 is 1.22. The highest BCUT2D eigenvalue weighted by Gasteiger charge is 2.49. The number of nitrogen functional groups attached to an aromatic ring is 1. The fraction of sp³-hybridized carbons (Fsp3) is 0.367. The third kappa shape index (κ3) is 4.34. The van der Waals surface area contributed by atoms with E-state index in [4.69, 9.17) is 17.2 Å². The Morgan fingerprint density at radius 1 is 1.18 bits per heavy atom. The van der Waals surface area contributed by atoms with Crippen LogP contribution in [-0.4, -0.2) is 41.6 Å². The SMILES string of the molecule is C=CC(=O)N1CCCC(NC(=O)c2sc3c(N)ccc4c3c2C(N)C(=O)C4(N)c2ccc(C(C)(C)C)cc2)C1. The molecule has 5 rings (SSSR count). The molecule has 0 bridgehead atoms. The molecule has 1 fully saturated rings. The molecule has 0 radical (unpaired) electrons. The summed E-state index contributed by atoms with van der Waals surface area (Å²) in [6.07, 6.45) is 2.79. The summed E-state index contributed by atoms with van der Waals surface area (Å²) in [5.74, 6) is -0.875. The Bertz CT molecular complexity index is 1500. The van der Waals surface area contributed by atoms with Crippen LogP contribution in [0.3, 0.4) is 0 Å². The van der Waals surface area contributed by atoms with E-state index in [1.165, 1.54) is 17.4 Å². The van der Waals surface area contributed by atoms with Crippen molar-refractivity contribution in [2.24, 2.45) is 11.5 Å². The molecule has 0 saturated carbocycles. The van der Waals surface area contributed by atoms with Crippen molar-refractivity contribution < 1.29 is 14.4 Å². The first-order valence-electron chi connectivity index (χ1n) is 13.1. The second kappa shape index (κ2) is 9.59. The lowest BCUT2D eigenvalue weighted by atomic mass is 9.70. The molecule has 1 aromatic heterocycles. The maximum absolute atomic E-state index is 14.0. The minimum Gasteiger partial charge on any atom is -0.398 e. The van der Waals surface area contributed by atoms with Gasteiger partial charge >= 0.3 is 0 Å². The fourth-order valence-corrected chi connectivity index (χ4v) is 6.96. The predicted octanol–water partition coefficient (Wildman–Crippen LogP) is 3.47. The number of benzene rings is 2. The van der Waals surface area contributed by atoms with Gasteiger partial charge in [-0.15, -0.1) is 11.3 Å². The van der Waals surface area contributed by atoms with Crippen molar-refractivity contribution in [3.05, 3.63) is 76.2 Å². The Balaban J connectivity index is 1.58. The molecule has 2 heterocycles. The van der Waals surface area contributed by atoms with E-state index in [1.54, 1.807) is 17.0 Å².